The minimum atomic E-state index is 0.295. The van der Waals surface area contributed by atoms with Gasteiger partial charge in [-0.25, -0.2) is 4.98 Å². The maximum absolute atomic E-state index is 6.08. The summed E-state index contributed by atoms with van der Waals surface area (Å²) in [5.74, 6) is 2.25. The Bertz CT molecular complexity index is 1090. The van der Waals surface area contributed by atoms with Crippen molar-refractivity contribution in [2.45, 2.75) is 32.3 Å². The van der Waals surface area contributed by atoms with Gasteiger partial charge in [-0.2, -0.15) is 4.98 Å². The number of fused-ring (bicyclic) bond motifs is 1. The molecule has 2 aromatic carbocycles. The molecule has 0 spiro atoms. The maximum Gasteiger partial charge on any atom is 0.229 e. The van der Waals surface area contributed by atoms with Crippen molar-refractivity contribution in [3.05, 3.63) is 71.4 Å². The van der Waals surface area contributed by atoms with Gasteiger partial charge in [0.15, 0.2) is 0 Å². The number of nitrogens with zero attached hydrogens (tertiary/aromatic N) is 2. The smallest absolute Gasteiger partial charge is 0.229 e. The SMILES string of the molecule is Cc1cnc(Nc2ccc(OC3CCNCC3)cc2)nc1Nc1ccc2c(c1)C=CC2. The first-order valence-corrected chi connectivity index (χ1v) is 10.9. The first kappa shape index (κ1) is 19.6. The number of aromatic nitrogens is 2. The number of piperidine rings is 1. The second-order valence-electron chi connectivity index (χ2n) is 8.09. The van der Waals surface area contributed by atoms with Gasteiger partial charge in [0.05, 0.1) is 0 Å². The highest BCUT2D eigenvalue weighted by molar-refractivity contribution is 5.69. The third kappa shape index (κ3) is 4.70. The molecule has 5 rings (SSSR count). The van der Waals surface area contributed by atoms with Crippen LogP contribution in [-0.4, -0.2) is 29.2 Å². The number of allylic oxidation sites excluding steroid dienone is 1. The molecule has 6 heteroatoms. The lowest BCUT2D eigenvalue weighted by molar-refractivity contribution is 0.162. The highest BCUT2D eigenvalue weighted by atomic mass is 16.5. The standard InChI is InChI=1S/C25H27N5O/c1-17-16-27-25(30-24(17)28-21-6-5-18-3-2-4-19(18)15-21)29-20-7-9-22(10-8-20)31-23-11-13-26-14-12-23/h2,4-10,15-16,23,26H,3,11-14H2,1H3,(H2,27,28,29,30). The molecule has 6 nitrogen and oxygen atoms in total. The normalized spacial score (nSPS) is 15.5. The molecule has 0 amide bonds. The Morgan fingerprint density at radius 3 is 2.65 bits per heavy atom. The zero-order chi connectivity index (χ0) is 21.0. The van der Waals surface area contributed by atoms with Crippen LogP contribution in [0.3, 0.4) is 0 Å². The van der Waals surface area contributed by atoms with E-state index in [9.17, 15) is 0 Å². The average molecular weight is 414 g/mol. The van der Waals surface area contributed by atoms with Crippen LogP contribution in [0.1, 0.15) is 29.5 Å². The summed E-state index contributed by atoms with van der Waals surface area (Å²) in [5, 5.41) is 10.1. The predicted octanol–water partition coefficient (Wildman–Crippen LogP) is 4.97. The molecule has 0 radical (unpaired) electrons. The third-order valence-corrected chi connectivity index (χ3v) is 5.71. The van der Waals surface area contributed by atoms with Gasteiger partial charge < -0.3 is 20.7 Å². The molecule has 0 saturated carbocycles. The quantitative estimate of drug-likeness (QED) is 0.530. The summed E-state index contributed by atoms with van der Waals surface area (Å²) in [6, 6.07) is 14.4. The molecule has 2 heterocycles. The summed E-state index contributed by atoms with van der Waals surface area (Å²) in [6.07, 6.45) is 9.59. The molecule has 0 unspecified atom stereocenters. The van der Waals surface area contributed by atoms with Crippen molar-refractivity contribution in [2.75, 3.05) is 23.7 Å². The molecule has 0 atom stereocenters. The molecule has 1 aliphatic carbocycles. The van der Waals surface area contributed by atoms with Gasteiger partial charge in [-0.1, -0.05) is 18.2 Å². The first-order valence-electron chi connectivity index (χ1n) is 10.9. The largest absolute Gasteiger partial charge is 0.490 e. The van der Waals surface area contributed by atoms with Gasteiger partial charge in [0.2, 0.25) is 5.95 Å². The predicted molar refractivity (Wildman–Crippen MR) is 125 cm³/mol. The number of benzene rings is 2. The Kier molecular flexibility index (Phi) is 5.54. The number of nitrogens with one attached hydrogen (secondary N) is 3. The molecule has 1 aromatic heterocycles. The number of anilines is 4. The van der Waals surface area contributed by atoms with Crippen LogP contribution < -0.4 is 20.7 Å². The van der Waals surface area contributed by atoms with E-state index in [1.165, 1.54) is 11.1 Å². The Morgan fingerprint density at radius 2 is 1.81 bits per heavy atom. The van der Waals surface area contributed by atoms with Crippen LogP contribution in [0.5, 0.6) is 5.75 Å². The van der Waals surface area contributed by atoms with E-state index in [0.29, 0.717) is 12.1 Å². The molecule has 1 aliphatic heterocycles. The number of hydrogen-bond donors (Lipinski definition) is 3. The lowest BCUT2D eigenvalue weighted by Crippen LogP contribution is -2.34. The number of hydrogen-bond acceptors (Lipinski definition) is 6. The molecular formula is C25H27N5O. The van der Waals surface area contributed by atoms with Crippen LogP contribution in [-0.2, 0) is 6.42 Å². The van der Waals surface area contributed by atoms with Gasteiger partial charge in [0, 0.05) is 23.1 Å². The highest BCUT2D eigenvalue weighted by Crippen LogP contribution is 2.27. The van der Waals surface area contributed by atoms with Crippen molar-refractivity contribution >= 4 is 29.2 Å². The summed E-state index contributed by atoms with van der Waals surface area (Å²) >= 11 is 0. The van der Waals surface area contributed by atoms with Crippen LogP contribution in [0.2, 0.25) is 0 Å². The zero-order valence-electron chi connectivity index (χ0n) is 17.7. The molecular weight excluding hydrogens is 386 g/mol. The molecule has 158 valence electrons. The van der Waals surface area contributed by atoms with Gasteiger partial charge in [0.25, 0.3) is 0 Å². The molecule has 2 aliphatic rings. The van der Waals surface area contributed by atoms with Crippen LogP contribution >= 0.6 is 0 Å². The third-order valence-electron chi connectivity index (χ3n) is 5.71. The Balaban J connectivity index is 1.26. The van der Waals surface area contributed by atoms with Crippen molar-refractivity contribution in [2.24, 2.45) is 0 Å². The molecule has 31 heavy (non-hydrogen) atoms. The lowest BCUT2D eigenvalue weighted by Gasteiger charge is -2.23. The zero-order valence-corrected chi connectivity index (χ0v) is 17.7. The number of aryl methyl sites for hydroxylation is 1. The van der Waals surface area contributed by atoms with Gasteiger partial charge in [-0.3, -0.25) is 0 Å². The van der Waals surface area contributed by atoms with E-state index >= 15 is 0 Å². The van der Waals surface area contributed by atoms with Gasteiger partial charge in [-0.15, -0.1) is 0 Å². The average Bonchev–Trinajstić information content (AvgIpc) is 3.26. The monoisotopic (exact) mass is 413 g/mol. The second-order valence-corrected chi connectivity index (χ2v) is 8.09. The van der Waals surface area contributed by atoms with Crippen LogP contribution in [0.4, 0.5) is 23.1 Å². The van der Waals surface area contributed by atoms with Crippen molar-refractivity contribution in [3.8, 4) is 5.75 Å². The van der Waals surface area contributed by atoms with Crippen molar-refractivity contribution in [3.63, 3.8) is 0 Å². The minimum Gasteiger partial charge on any atom is -0.490 e. The molecule has 3 aromatic rings. The van der Waals surface area contributed by atoms with Crippen molar-refractivity contribution in [1.82, 2.24) is 15.3 Å². The topological polar surface area (TPSA) is 71.1 Å². The summed E-state index contributed by atoms with van der Waals surface area (Å²) < 4.78 is 6.08. The second kappa shape index (κ2) is 8.78. The molecule has 1 fully saturated rings. The Morgan fingerprint density at radius 1 is 1.00 bits per heavy atom. The highest BCUT2D eigenvalue weighted by Gasteiger charge is 2.14. The van der Waals surface area contributed by atoms with Crippen LogP contribution in [0.15, 0.2) is 54.7 Å². The maximum atomic E-state index is 6.08. The van der Waals surface area contributed by atoms with E-state index in [2.05, 4.69) is 56.3 Å². The van der Waals surface area contributed by atoms with Gasteiger partial charge in [-0.05, 0) is 86.8 Å². The Labute approximate surface area is 182 Å². The van der Waals surface area contributed by atoms with E-state index in [-0.39, 0.29) is 0 Å². The van der Waals surface area contributed by atoms with Crippen LogP contribution in [0.25, 0.3) is 6.08 Å². The van der Waals surface area contributed by atoms with E-state index in [1.54, 1.807) is 0 Å². The van der Waals surface area contributed by atoms with Gasteiger partial charge in [0.1, 0.15) is 17.7 Å². The molecule has 3 N–H and O–H groups in total. The summed E-state index contributed by atoms with van der Waals surface area (Å²) in [5.41, 5.74) is 5.57. The molecule has 1 saturated heterocycles. The summed E-state index contributed by atoms with van der Waals surface area (Å²) in [6.45, 7) is 4.05. The lowest BCUT2D eigenvalue weighted by atomic mass is 10.1. The fourth-order valence-electron chi connectivity index (χ4n) is 3.94. The van der Waals surface area contributed by atoms with Crippen LogP contribution in [0, 0.1) is 6.92 Å². The van der Waals surface area contributed by atoms with E-state index in [0.717, 1.165) is 60.9 Å². The van der Waals surface area contributed by atoms with Crippen molar-refractivity contribution in [1.29, 1.82) is 0 Å². The van der Waals surface area contributed by atoms with Gasteiger partial charge >= 0.3 is 0 Å². The molecule has 0 bridgehead atoms. The fraction of sp³-hybridized carbons (Fsp3) is 0.280. The van der Waals surface area contributed by atoms with E-state index in [1.807, 2.05) is 37.4 Å². The van der Waals surface area contributed by atoms with E-state index in [4.69, 9.17) is 4.74 Å². The summed E-state index contributed by atoms with van der Waals surface area (Å²) in [4.78, 5) is 9.12. The number of rotatable bonds is 6. The number of ether oxygens (including phenoxy) is 1. The van der Waals surface area contributed by atoms with E-state index < -0.39 is 0 Å². The van der Waals surface area contributed by atoms with Crippen molar-refractivity contribution < 1.29 is 4.74 Å². The summed E-state index contributed by atoms with van der Waals surface area (Å²) in [7, 11) is 0. The first-order chi connectivity index (χ1) is 15.2. The minimum absolute atomic E-state index is 0.295. The fourth-order valence-corrected chi connectivity index (χ4v) is 3.94. The Hall–Kier alpha value is -3.38.